The monoisotopic (exact) mass is 335 g/mol. The molecular formula is C18H29N3O3. The SMILES string of the molecule is COC1CC2C(=O)N(C3CCN(C4CCCCC4)CC3)C(=O)N2C1. The molecule has 0 spiro atoms. The minimum absolute atomic E-state index is 0.00988. The summed E-state index contributed by atoms with van der Waals surface area (Å²) in [7, 11) is 1.65. The molecule has 2 unspecified atom stereocenters. The minimum Gasteiger partial charge on any atom is -0.380 e. The lowest BCUT2D eigenvalue weighted by atomic mass is 9.92. The van der Waals surface area contributed by atoms with Crippen molar-refractivity contribution in [2.75, 3.05) is 26.7 Å². The molecule has 3 amide bonds. The second-order valence-electron chi connectivity index (χ2n) is 7.81. The molecule has 0 bridgehead atoms. The van der Waals surface area contributed by atoms with Crippen molar-refractivity contribution in [3.63, 3.8) is 0 Å². The molecule has 3 saturated heterocycles. The number of rotatable bonds is 3. The highest BCUT2D eigenvalue weighted by molar-refractivity contribution is 6.05. The van der Waals surface area contributed by atoms with Crippen LogP contribution in [0.5, 0.6) is 0 Å². The zero-order chi connectivity index (χ0) is 16.7. The Kier molecular flexibility index (Phi) is 4.52. The van der Waals surface area contributed by atoms with E-state index in [0.717, 1.165) is 32.0 Å². The first-order chi connectivity index (χ1) is 11.7. The van der Waals surface area contributed by atoms with E-state index in [-0.39, 0.29) is 30.1 Å². The average Bonchev–Trinajstić information content (AvgIpc) is 3.16. The first kappa shape index (κ1) is 16.3. The Balaban J connectivity index is 1.36. The summed E-state index contributed by atoms with van der Waals surface area (Å²) in [5, 5.41) is 0. The van der Waals surface area contributed by atoms with Crippen molar-refractivity contribution >= 4 is 11.9 Å². The van der Waals surface area contributed by atoms with Crippen LogP contribution in [0.1, 0.15) is 51.4 Å². The number of carbonyl (C=O) groups excluding carboxylic acids is 2. The van der Waals surface area contributed by atoms with Crippen molar-refractivity contribution in [2.24, 2.45) is 0 Å². The van der Waals surface area contributed by atoms with Crippen LogP contribution in [0.3, 0.4) is 0 Å². The third-order valence-corrected chi connectivity index (χ3v) is 6.53. The summed E-state index contributed by atoms with van der Waals surface area (Å²) in [6.07, 6.45) is 9.25. The number of imide groups is 1. The number of methoxy groups -OCH3 is 1. The molecule has 6 heteroatoms. The van der Waals surface area contributed by atoms with Crippen molar-refractivity contribution in [2.45, 2.75) is 75.6 Å². The molecule has 4 rings (SSSR count). The van der Waals surface area contributed by atoms with Gasteiger partial charge >= 0.3 is 6.03 Å². The summed E-state index contributed by atoms with van der Waals surface area (Å²) in [5.41, 5.74) is 0. The van der Waals surface area contributed by atoms with Gasteiger partial charge in [0.15, 0.2) is 0 Å². The minimum atomic E-state index is -0.279. The number of hydrogen-bond acceptors (Lipinski definition) is 4. The molecule has 1 aliphatic carbocycles. The van der Waals surface area contributed by atoms with E-state index in [1.165, 1.54) is 32.1 Å². The molecule has 0 radical (unpaired) electrons. The molecule has 2 atom stereocenters. The molecule has 3 heterocycles. The molecule has 4 fully saturated rings. The Morgan fingerprint density at radius 1 is 0.958 bits per heavy atom. The van der Waals surface area contributed by atoms with Crippen LogP contribution >= 0.6 is 0 Å². The standard InChI is InChI=1S/C18H29N3O3/c1-24-15-11-16-17(22)21(18(23)20(16)12-15)14-7-9-19(10-8-14)13-5-3-2-4-6-13/h13-16H,2-12H2,1H3. The maximum absolute atomic E-state index is 12.7. The number of urea groups is 1. The van der Waals surface area contributed by atoms with Crippen LogP contribution in [0.4, 0.5) is 4.79 Å². The Labute approximate surface area is 144 Å². The molecule has 0 aromatic heterocycles. The lowest BCUT2D eigenvalue weighted by molar-refractivity contribution is -0.130. The van der Waals surface area contributed by atoms with Crippen molar-refractivity contribution in [1.29, 1.82) is 0 Å². The number of likely N-dealkylation sites (tertiary alicyclic amines) is 1. The molecule has 134 valence electrons. The normalized spacial score (nSPS) is 33.5. The summed E-state index contributed by atoms with van der Waals surface area (Å²) in [6, 6.07) is 0.464. The third kappa shape index (κ3) is 2.73. The van der Waals surface area contributed by atoms with Gasteiger partial charge in [-0.05, 0) is 25.7 Å². The van der Waals surface area contributed by atoms with Crippen LogP contribution in [-0.4, -0.2) is 77.6 Å². The van der Waals surface area contributed by atoms with E-state index in [2.05, 4.69) is 4.90 Å². The highest BCUT2D eigenvalue weighted by Gasteiger charge is 2.52. The van der Waals surface area contributed by atoms with E-state index in [1.807, 2.05) is 0 Å². The molecule has 0 N–H and O–H groups in total. The van der Waals surface area contributed by atoms with E-state index in [4.69, 9.17) is 4.74 Å². The maximum Gasteiger partial charge on any atom is 0.327 e. The van der Waals surface area contributed by atoms with Gasteiger partial charge in [0.2, 0.25) is 0 Å². The van der Waals surface area contributed by atoms with Gasteiger partial charge in [0.05, 0.1) is 6.10 Å². The number of amides is 3. The van der Waals surface area contributed by atoms with Crippen LogP contribution in [0, 0.1) is 0 Å². The fourth-order valence-corrected chi connectivity index (χ4v) is 5.10. The molecular weight excluding hydrogens is 306 g/mol. The second kappa shape index (κ2) is 6.64. The summed E-state index contributed by atoms with van der Waals surface area (Å²) in [4.78, 5) is 31.3. The van der Waals surface area contributed by atoms with Gasteiger partial charge in [-0.25, -0.2) is 4.79 Å². The highest BCUT2D eigenvalue weighted by Crippen LogP contribution is 2.33. The Morgan fingerprint density at radius 2 is 1.67 bits per heavy atom. The van der Waals surface area contributed by atoms with Crippen LogP contribution in [-0.2, 0) is 9.53 Å². The first-order valence-corrected chi connectivity index (χ1v) is 9.59. The highest BCUT2D eigenvalue weighted by atomic mass is 16.5. The predicted octanol–water partition coefficient (Wildman–Crippen LogP) is 1.83. The maximum atomic E-state index is 12.7. The van der Waals surface area contributed by atoms with Crippen LogP contribution in [0.2, 0.25) is 0 Å². The van der Waals surface area contributed by atoms with E-state index in [1.54, 1.807) is 16.9 Å². The van der Waals surface area contributed by atoms with Crippen LogP contribution in [0.15, 0.2) is 0 Å². The molecule has 4 aliphatic rings. The smallest absolute Gasteiger partial charge is 0.327 e. The van der Waals surface area contributed by atoms with E-state index in [9.17, 15) is 9.59 Å². The number of hydrogen-bond donors (Lipinski definition) is 0. The van der Waals surface area contributed by atoms with Crippen molar-refractivity contribution in [3.8, 4) is 0 Å². The number of nitrogens with zero attached hydrogens (tertiary/aromatic N) is 3. The first-order valence-electron chi connectivity index (χ1n) is 9.59. The second-order valence-corrected chi connectivity index (χ2v) is 7.81. The largest absolute Gasteiger partial charge is 0.380 e. The number of ether oxygens (including phenoxy) is 1. The van der Waals surface area contributed by atoms with Gasteiger partial charge in [-0.2, -0.15) is 0 Å². The third-order valence-electron chi connectivity index (χ3n) is 6.53. The quantitative estimate of drug-likeness (QED) is 0.739. The van der Waals surface area contributed by atoms with Crippen molar-refractivity contribution in [1.82, 2.24) is 14.7 Å². The summed E-state index contributed by atoms with van der Waals surface area (Å²) < 4.78 is 5.33. The van der Waals surface area contributed by atoms with E-state index < -0.39 is 0 Å². The Morgan fingerprint density at radius 3 is 2.29 bits per heavy atom. The molecule has 1 saturated carbocycles. The fourth-order valence-electron chi connectivity index (χ4n) is 5.10. The van der Waals surface area contributed by atoms with Gasteiger partial charge in [-0.3, -0.25) is 9.69 Å². The molecule has 6 nitrogen and oxygen atoms in total. The molecule has 0 aromatic rings. The number of piperidine rings is 1. The Hall–Kier alpha value is -1.14. The van der Waals surface area contributed by atoms with Gasteiger partial charge in [0.1, 0.15) is 6.04 Å². The molecule has 24 heavy (non-hydrogen) atoms. The molecule has 0 aromatic carbocycles. The van der Waals surface area contributed by atoms with E-state index in [0.29, 0.717) is 13.0 Å². The summed E-state index contributed by atoms with van der Waals surface area (Å²) in [6.45, 7) is 2.61. The van der Waals surface area contributed by atoms with Gasteiger partial charge in [0, 0.05) is 45.2 Å². The van der Waals surface area contributed by atoms with Crippen molar-refractivity contribution < 1.29 is 14.3 Å². The molecule has 3 aliphatic heterocycles. The zero-order valence-electron chi connectivity index (χ0n) is 14.7. The van der Waals surface area contributed by atoms with Gasteiger partial charge in [-0.15, -0.1) is 0 Å². The summed E-state index contributed by atoms with van der Waals surface area (Å²) >= 11 is 0. The fraction of sp³-hybridized carbons (Fsp3) is 0.889. The van der Waals surface area contributed by atoms with Gasteiger partial charge in [0.25, 0.3) is 5.91 Å². The summed E-state index contributed by atoms with van der Waals surface area (Å²) in [5.74, 6) is 0.00988. The average molecular weight is 335 g/mol. The number of carbonyl (C=O) groups is 2. The van der Waals surface area contributed by atoms with Crippen molar-refractivity contribution in [3.05, 3.63) is 0 Å². The lowest BCUT2D eigenvalue weighted by Crippen LogP contribution is -2.51. The lowest BCUT2D eigenvalue weighted by Gasteiger charge is -2.41. The Bertz CT molecular complexity index is 474. The van der Waals surface area contributed by atoms with E-state index >= 15 is 0 Å². The van der Waals surface area contributed by atoms with Crippen LogP contribution in [0.25, 0.3) is 0 Å². The number of fused-ring (bicyclic) bond motifs is 1. The topological polar surface area (TPSA) is 53.1 Å². The predicted molar refractivity (Wildman–Crippen MR) is 89.6 cm³/mol. The van der Waals surface area contributed by atoms with Gasteiger partial charge in [-0.1, -0.05) is 19.3 Å². The zero-order valence-corrected chi connectivity index (χ0v) is 14.7. The van der Waals surface area contributed by atoms with Gasteiger partial charge < -0.3 is 14.5 Å². The van der Waals surface area contributed by atoms with Crippen LogP contribution < -0.4 is 0 Å².